The molecule has 0 radical (unpaired) electrons. The SMILES string of the molecule is CCn1c(SCc2ccc(S(=O)(=O)C(F)F)cc2)nc2ccsc2c1=O. The molecule has 0 amide bonds. The monoisotopic (exact) mass is 416 g/mol. The number of fused-ring (bicyclic) bond motifs is 1. The first-order valence-electron chi connectivity index (χ1n) is 7.56. The minimum Gasteiger partial charge on any atom is -0.287 e. The number of hydrogen-bond donors (Lipinski definition) is 0. The molecule has 10 heteroatoms. The molecule has 0 saturated carbocycles. The Morgan fingerprint density at radius 3 is 2.54 bits per heavy atom. The van der Waals surface area contributed by atoms with Crippen LogP contribution < -0.4 is 5.56 Å². The Hall–Kier alpha value is -1.78. The third-order valence-electron chi connectivity index (χ3n) is 3.70. The average Bonchev–Trinajstić information content (AvgIpc) is 3.09. The number of rotatable bonds is 6. The number of halogens is 2. The van der Waals surface area contributed by atoms with Crippen LogP contribution in [0, 0.1) is 0 Å². The van der Waals surface area contributed by atoms with Crippen LogP contribution in [0.4, 0.5) is 8.78 Å². The van der Waals surface area contributed by atoms with E-state index in [2.05, 4.69) is 4.98 Å². The van der Waals surface area contributed by atoms with Crippen molar-refractivity contribution in [1.82, 2.24) is 9.55 Å². The number of sulfone groups is 1. The maximum atomic E-state index is 12.6. The van der Waals surface area contributed by atoms with Gasteiger partial charge in [-0.3, -0.25) is 9.36 Å². The van der Waals surface area contributed by atoms with E-state index in [1.54, 1.807) is 10.6 Å². The van der Waals surface area contributed by atoms with Crippen LogP contribution in [-0.4, -0.2) is 23.7 Å². The van der Waals surface area contributed by atoms with Gasteiger partial charge in [-0.05, 0) is 36.1 Å². The number of hydrogen-bond acceptors (Lipinski definition) is 6. The van der Waals surface area contributed by atoms with Gasteiger partial charge in [-0.2, -0.15) is 8.78 Å². The molecule has 0 aliphatic rings. The lowest BCUT2D eigenvalue weighted by molar-refractivity contribution is 0.234. The van der Waals surface area contributed by atoms with Gasteiger partial charge in [0.2, 0.25) is 9.84 Å². The Morgan fingerprint density at radius 2 is 1.92 bits per heavy atom. The van der Waals surface area contributed by atoms with E-state index < -0.39 is 20.5 Å². The lowest BCUT2D eigenvalue weighted by atomic mass is 10.2. The Morgan fingerprint density at radius 1 is 1.23 bits per heavy atom. The summed E-state index contributed by atoms with van der Waals surface area (Å²) in [6.07, 6.45) is 0. The normalized spacial score (nSPS) is 12.2. The second-order valence-corrected chi connectivity index (χ2v) is 9.09. The minimum atomic E-state index is -4.59. The summed E-state index contributed by atoms with van der Waals surface area (Å²) in [4.78, 5) is 16.5. The first kappa shape index (κ1) is 19.0. The summed E-state index contributed by atoms with van der Waals surface area (Å²) in [6, 6.07) is 7.09. The molecule has 0 unspecified atom stereocenters. The van der Waals surface area contributed by atoms with Crippen LogP contribution in [0.15, 0.2) is 50.6 Å². The predicted octanol–water partition coefficient (Wildman–Crippen LogP) is 3.77. The second kappa shape index (κ2) is 7.45. The molecule has 0 N–H and O–H groups in total. The largest absolute Gasteiger partial charge is 0.341 e. The Balaban J connectivity index is 1.83. The highest BCUT2D eigenvalue weighted by Gasteiger charge is 2.26. The first-order chi connectivity index (χ1) is 12.3. The highest BCUT2D eigenvalue weighted by Crippen LogP contribution is 2.25. The molecule has 2 heterocycles. The van der Waals surface area contributed by atoms with Crippen LogP contribution in [0.5, 0.6) is 0 Å². The molecular formula is C16H14F2N2O3S3. The number of nitrogens with zero attached hydrogens (tertiary/aromatic N) is 2. The van der Waals surface area contributed by atoms with Crippen molar-refractivity contribution in [2.24, 2.45) is 0 Å². The number of alkyl halides is 2. The smallest absolute Gasteiger partial charge is 0.287 e. The molecule has 0 aliphatic heterocycles. The number of aromatic nitrogens is 2. The molecule has 0 fully saturated rings. The number of thiophene rings is 1. The molecule has 1 aromatic carbocycles. The van der Waals surface area contributed by atoms with E-state index in [1.807, 2.05) is 12.3 Å². The van der Waals surface area contributed by atoms with Crippen molar-refractivity contribution in [2.45, 2.75) is 35.0 Å². The maximum absolute atomic E-state index is 12.6. The van der Waals surface area contributed by atoms with Gasteiger partial charge in [-0.25, -0.2) is 13.4 Å². The predicted molar refractivity (Wildman–Crippen MR) is 98.7 cm³/mol. The van der Waals surface area contributed by atoms with Crippen LogP contribution in [0.2, 0.25) is 0 Å². The molecule has 0 atom stereocenters. The molecule has 2 aromatic heterocycles. The van der Waals surface area contributed by atoms with Crippen molar-refractivity contribution in [3.63, 3.8) is 0 Å². The summed E-state index contributed by atoms with van der Waals surface area (Å²) in [7, 11) is -4.59. The van der Waals surface area contributed by atoms with Gasteiger partial charge < -0.3 is 0 Å². The van der Waals surface area contributed by atoms with Crippen LogP contribution in [0.25, 0.3) is 10.2 Å². The fourth-order valence-corrected chi connectivity index (χ4v) is 4.86. The molecule has 26 heavy (non-hydrogen) atoms. The zero-order valence-electron chi connectivity index (χ0n) is 13.6. The van der Waals surface area contributed by atoms with Crippen molar-refractivity contribution in [1.29, 1.82) is 0 Å². The molecule has 0 saturated heterocycles. The van der Waals surface area contributed by atoms with E-state index in [0.29, 0.717) is 27.7 Å². The second-order valence-electron chi connectivity index (χ2n) is 5.32. The quantitative estimate of drug-likeness (QED) is 0.452. The summed E-state index contributed by atoms with van der Waals surface area (Å²) in [5, 5.41) is 2.38. The summed E-state index contributed by atoms with van der Waals surface area (Å²) in [6.45, 7) is 2.34. The maximum Gasteiger partial charge on any atom is 0.341 e. The van der Waals surface area contributed by atoms with Crippen molar-refractivity contribution < 1.29 is 17.2 Å². The third-order valence-corrected chi connectivity index (χ3v) is 7.04. The van der Waals surface area contributed by atoms with E-state index in [1.165, 1.54) is 47.4 Å². The average molecular weight is 416 g/mol. The van der Waals surface area contributed by atoms with Crippen LogP contribution >= 0.6 is 23.1 Å². The topological polar surface area (TPSA) is 69.0 Å². The highest BCUT2D eigenvalue weighted by atomic mass is 32.2. The molecule has 3 rings (SSSR count). The fraction of sp³-hybridized carbons (Fsp3) is 0.250. The van der Waals surface area contributed by atoms with Crippen molar-refractivity contribution in [3.8, 4) is 0 Å². The standard InChI is InChI=1S/C16H14F2N2O3S3/c1-2-20-14(21)13-12(7-8-24-13)19-16(20)25-9-10-3-5-11(6-4-10)26(22,23)15(17)18/h3-8,15H,2,9H2,1H3. The molecule has 0 bridgehead atoms. The van der Waals surface area contributed by atoms with Crippen LogP contribution in [0.1, 0.15) is 12.5 Å². The molecule has 0 aliphatic carbocycles. The van der Waals surface area contributed by atoms with Crippen molar-refractivity contribution in [2.75, 3.05) is 0 Å². The van der Waals surface area contributed by atoms with Gasteiger partial charge in [0.05, 0.1) is 10.4 Å². The number of benzene rings is 1. The van der Waals surface area contributed by atoms with E-state index in [0.717, 1.165) is 5.56 Å². The minimum absolute atomic E-state index is 0.0895. The van der Waals surface area contributed by atoms with E-state index in [9.17, 15) is 22.0 Å². The van der Waals surface area contributed by atoms with E-state index in [-0.39, 0.29) is 5.56 Å². The van der Waals surface area contributed by atoms with Crippen molar-refractivity contribution in [3.05, 3.63) is 51.6 Å². The summed E-state index contributed by atoms with van der Waals surface area (Å²) in [5.74, 6) is -3.01. The van der Waals surface area contributed by atoms with Gasteiger partial charge in [0, 0.05) is 12.3 Å². The highest BCUT2D eigenvalue weighted by molar-refractivity contribution is 7.98. The lowest BCUT2D eigenvalue weighted by Gasteiger charge is -2.10. The van der Waals surface area contributed by atoms with Crippen LogP contribution in [-0.2, 0) is 22.1 Å². The zero-order valence-corrected chi connectivity index (χ0v) is 16.0. The number of thioether (sulfide) groups is 1. The molecule has 0 spiro atoms. The zero-order chi connectivity index (χ0) is 18.9. The van der Waals surface area contributed by atoms with E-state index in [4.69, 9.17) is 0 Å². The molecular weight excluding hydrogens is 402 g/mol. The van der Waals surface area contributed by atoms with Gasteiger partial charge in [0.25, 0.3) is 5.56 Å². The molecule has 5 nitrogen and oxygen atoms in total. The Kier molecular flexibility index (Phi) is 5.44. The van der Waals surface area contributed by atoms with Gasteiger partial charge in [-0.15, -0.1) is 11.3 Å². The summed E-state index contributed by atoms with van der Waals surface area (Å²) < 4.78 is 50.2. The van der Waals surface area contributed by atoms with Gasteiger partial charge >= 0.3 is 5.76 Å². The van der Waals surface area contributed by atoms with Gasteiger partial charge in [-0.1, -0.05) is 23.9 Å². The first-order valence-corrected chi connectivity index (χ1v) is 11.0. The van der Waals surface area contributed by atoms with Gasteiger partial charge in [0.15, 0.2) is 5.16 Å². The molecule has 3 aromatic rings. The lowest BCUT2D eigenvalue weighted by Crippen LogP contribution is -2.21. The van der Waals surface area contributed by atoms with E-state index >= 15 is 0 Å². The third kappa shape index (κ3) is 3.53. The van der Waals surface area contributed by atoms with Crippen molar-refractivity contribution >= 4 is 43.2 Å². The Bertz CT molecular complexity index is 1090. The Labute approximate surface area is 156 Å². The van der Waals surface area contributed by atoms with Gasteiger partial charge in [0.1, 0.15) is 4.70 Å². The molecule has 138 valence electrons. The summed E-state index contributed by atoms with van der Waals surface area (Å²) >= 11 is 2.69. The fourth-order valence-electron chi connectivity index (χ4n) is 2.34. The summed E-state index contributed by atoms with van der Waals surface area (Å²) in [5.41, 5.74) is 1.30. The van der Waals surface area contributed by atoms with Crippen LogP contribution in [0.3, 0.4) is 0 Å².